The first-order valence-corrected chi connectivity index (χ1v) is 11.1. The third-order valence-electron chi connectivity index (χ3n) is 5.43. The Hall–Kier alpha value is -3.15. The first kappa shape index (κ1) is 26.1. The molecule has 6 heteroatoms. The van der Waals surface area contributed by atoms with Crippen LogP contribution in [0.1, 0.15) is 63.8 Å². The summed E-state index contributed by atoms with van der Waals surface area (Å²) in [5.74, 6) is 0.578. The quantitative estimate of drug-likeness (QED) is 0.507. The van der Waals surface area contributed by atoms with Gasteiger partial charge >= 0.3 is 0 Å². The van der Waals surface area contributed by atoms with Crippen LogP contribution in [0.2, 0.25) is 0 Å². The van der Waals surface area contributed by atoms with Crippen molar-refractivity contribution in [3.8, 4) is 23.0 Å². The first-order chi connectivity index (χ1) is 15.3. The van der Waals surface area contributed by atoms with Crippen LogP contribution in [0.3, 0.4) is 0 Å². The highest BCUT2D eigenvalue weighted by Crippen LogP contribution is 2.40. The van der Waals surface area contributed by atoms with Crippen molar-refractivity contribution in [2.75, 3.05) is 20.8 Å². The molecule has 0 aliphatic carbocycles. The molecule has 0 saturated heterocycles. The molecule has 33 heavy (non-hydrogen) atoms. The molecular weight excluding hydrogens is 418 g/mol. The maximum absolute atomic E-state index is 12.3. The maximum Gasteiger partial charge on any atom is 0.244 e. The van der Waals surface area contributed by atoms with Gasteiger partial charge in [0.1, 0.15) is 5.75 Å². The largest absolute Gasteiger partial charge is 0.507 e. The number of aromatic hydroxyl groups is 2. The van der Waals surface area contributed by atoms with E-state index >= 15 is 0 Å². The van der Waals surface area contributed by atoms with Crippen molar-refractivity contribution in [3.63, 3.8) is 0 Å². The first-order valence-electron chi connectivity index (χ1n) is 11.1. The van der Waals surface area contributed by atoms with Gasteiger partial charge in [-0.15, -0.1) is 0 Å². The molecular formula is C27H37NO5. The Morgan fingerprint density at radius 3 is 1.79 bits per heavy atom. The van der Waals surface area contributed by atoms with Crippen molar-refractivity contribution < 1.29 is 24.5 Å². The van der Waals surface area contributed by atoms with Crippen LogP contribution in [0.5, 0.6) is 23.0 Å². The molecule has 0 bridgehead atoms. The molecule has 0 aliphatic rings. The summed E-state index contributed by atoms with van der Waals surface area (Å²) in [4.78, 5) is 12.3. The van der Waals surface area contributed by atoms with Crippen LogP contribution in [-0.2, 0) is 22.0 Å². The van der Waals surface area contributed by atoms with Gasteiger partial charge in [0.05, 0.1) is 14.2 Å². The SMILES string of the molecule is COc1cc(/C=C/C(=O)NCCc2cc(C(C)(C)C)c(O)c(C(C)(C)C)c2)cc(OC)c1O. The predicted octanol–water partition coefficient (Wildman–Crippen LogP) is 5.08. The van der Waals surface area contributed by atoms with Gasteiger partial charge in [0.2, 0.25) is 11.7 Å². The zero-order chi connectivity index (χ0) is 25.0. The number of benzene rings is 2. The fourth-order valence-corrected chi connectivity index (χ4v) is 3.55. The van der Waals surface area contributed by atoms with Gasteiger partial charge in [-0.2, -0.15) is 0 Å². The number of hydrogen-bond acceptors (Lipinski definition) is 5. The van der Waals surface area contributed by atoms with Crippen molar-refractivity contribution >= 4 is 12.0 Å². The zero-order valence-electron chi connectivity index (χ0n) is 21.0. The van der Waals surface area contributed by atoms with Crippen LogP contribution in [0.15, 0.2) is 30.3 Å². The van der Waals surface area contributed by atoms with Crippen LogP contribution >= 0.6 is 0 Å². The Morgan fingerprint density at radius 2 is 1.36 bits per heavy atom. The third-order valence-corrected chi connectivity index (χ3v) is 5.43. The van der Waals surface area contributed by atoms with E-state index in [2.05, 4.69) is 46.9 Å². The molecule has 0 unspecified atom stereocenters. The van der Waals surface area contributed by atoms with E-state index in [4.69, 9.17) is 9.47 Å². The van der Waals surface area contributed by atoms with E-state index in [-0.39, 0.29) is 34.0 Å². The van der Waals surface area contributed by atoms with Crippen LogP contribution in [0, 0.1) is 0 Å². The van der Waals surface area contributed by atoms with Crippen LogP contribution < -0.4 is 14.8 Å². The topological polar surface area (TPSA) is 88.0 Å². The fourth-order valence-electron chi connectivity index (χ4n) is 3.55. The Bertz CT molecular complexity index is 966. The number of phenolic OH excluding ortho intramolecular Hbond substituents is 2. The van der Waals surface area contributed by atoms with E-state index in [1.165, 1.54) is 20.3 Å². The highest BCUT2D eigenvalue weighted by atomic mass is 16.5. The Labute approximate surface area is 197 Å². The van der Waals surface area contributed by atoms with Gasteiger partial charge in [0.15, 0.2) is 11.5 Å². The second-order valence-corrected chi connectivity index (χ2v) is 10.2. The summed E-state index contributed by atoms with van der Waals surface area (Å²) in [6.45, 7) is 13.0. The average molecular weight is 456 g/mol. The number of nitrogens with one attached hydrogen (secondary N) is 1. The van der Waals surface area contributed by atoms with E-state index in [1.54, 1.807) is 18.2 Å². The predicted molar refractivity (Wildman–Crippen MR) is 132 cm³/mol. The van der Waals surface area contributed by atoms with Gasteiger partial charge in [0.25, 0.3) is 0 Å². The van der Waals surface area contributed by atoms with Gasteiger partial charge < -0.3 is 25.0 Å². The molecule has 6 nitrogen and oxygen atoms in total. The number of rotatable bonds is 7. The molecule has 2 rings (SSSR count). The average Bonchev–Trinajstić information content (AvgIpc) is 2.72. The highest BCUT2D eigenvalue weighted by Gasteiger charge is 2.26. The molecule has 0 aromatic heterocycles. The second-order valence-electron chi connectivity index (χ2n) is 10.2. The van der Waals surface area contributed by atoms with Gasteiger partial charge in [-0.05, 0) is 57.7 Å². The Morgan fingerprint density at radius 1 is 0.879 bits per heavy atom. The lowest BCUT2D eigenvalue weighted by atomic mass is 9.78. The molecule has 0 spiro atoms. The minimum absolute atomic E-state index is 0.0836. The Kier molecular flexibility index (Phi) is 8.06. The van der Waals surface area contributed by atoms with Crippen molar-refractivity contribution in [2.24, 2.45) is 0 Å². The molecule has 1 amide bonds. The maximum atomic E-state index is 12.3. The summed E-state index contributed by atoms with van der Waals surface area (Å²) in [7, 11) is 2.91. The van der Waals surface area contributed by atoms with Crippen molar-refractivity contribution in [2.45, 2.75) is 58.8 Å². The van der Waals surface area contributed by atoms with Gasteiger partial charge in [0, 0.05) is 12.6 Å². The van der Waals surface area contributed by atoms with Crippen LogP contribution in [0.25, 0.3) is 6.08 Å². The number of carbonyl (C=O) groups is 1. The van der Waals surface area contributed by atoms with Crippen molar-refractivity contribution in [1.82, 2.24) is 5.32 Å². The van der Waals surface area contributed by atoms with Crippen molar-refractivity contribution in [1.29, 1.82) is 0 Å². The summed E-state index contributed by atoms with van der Waals surface area (Å²) in [6.07, 6.45) is 3.71. The molecule has 2 aromatic carbocycles. The van der Waals surface area contributed by atoms with Crippen LogP contribution in [0.4, 0.5) is 0 Å². The third kappa shape index (κ3) is 6.67. The molecule has 0 aliphatic heterocycles. The van der Waals surface area contributed by atoms with Gasteiger partial charge in [-0.3, -0.25) is 4.79 Å². The molecule has 0 radical (unpaired) electrons. The van der Waals surface area contributed by atoms with E-state index in [0.29, 0.717) is 24.3 Å². The lowest BCUT2D eigenvalue weighted by Gasteiger charge is -2.28. The van der Waals surface area contributed by atoms with Gasteiger partial charge in [-0.1, -0.05) is 53.7 Å². The second kappa shape index (κ2) is 10.2. The Balaban J connectivity index is 2.12. The number of carbonyl (C=O) groups excluding carboxylic acids is 1. The molecule has 0 fully saturated rings. The van der Waals surface area contributed by atoms with Crippen LogP contribution in [-0.4, -0.2) is 36.9 Å². The summed E-state index contributed by atoms with van der Waals surface area (Å²) in [5.41, 5.74) is 3.16. The normalized spacial score (nSPS) is 12.1. The molecule has 3 N–H and O–H groups in total. The number of ether oxygens (including phenoxy) is 2. The molecule has 0 atom stereocenters. The minimum atomic E-state index is -0.230. The van der Waals surface area contributed by atoms with E-state index in [1.807, 2.05) is 12.1 Å². The van der Waals surface area contributed by atoms with E-state index in [9.17, 15) is 15.0 Å². The molecule has 0 heterocycles. The number of amides is 1. The smallest absolute Gasteiger partial charge is 0.244 e. The minimum Gasteiger partial charge on any atom is -0.507 e. The van der Waals surface area contributed by atoms with Gasteiger partial charge in [-0.25, -0.2) is 0 Å². The monoisotopic (exact) mass is 455 g/mol. The summed E-state index contributed by atoms with van der Waals surface area (Å²) < 4.78 is 10.3. The summed E-state index contributed by atoms with van der Waals surface area (Å²) in [5, 5.41) is 23.8. The molecule has 0 saturated carbocycles. The van der Waals surface area contributed by atoms with Crippen molar-refractivity contribution in [3.05, 3.63) is 52.6 Å². The lowest BCUT2D eigenvalue weighted by Crippen LogP contribution is -2.24. The molecule has 2 aromatic rings. The van der Waals surface area contributed by atoms with E-state index in [0.717, 1.165) is 16.7 Å². The summed E-state index contributed by atoms with van der Waals surface area (Å²) in [6, 6.07) is 7.31. The number of phenols is 2. The number of hydrogen-bond donors (Lipinski definition) is 3. The molecule has 180 valence electrons. The number of methoxy groups -OCH3 is 2. The standard InChI is InChI=1S/C27H37NO5/c1-26(2,3)19-13-18(14-20(24(19)30)27(4,5)6)11-12-28-23(29)10-9-17-15-21(32-7)25(31)22(16-17)33-8/h9-10,13-16,30-31H,11-12H2,1-8H3,(H,28,29)/b10-9+. The lowest BCUT2D eigenvalue weighted by molar-refractivity contribution is -0.116. The fraction of sp³-hybridized carbons (Fsp3) is 0.444. The summed E-state index contributed by atoms with van der Waals surface area (Å²) >= 11 is 0. The zero-order valence-corrected chi connectivity index (χ0v) is 21.0. The highest BCUT2D eigenvalue weighted by molar-refractivity contribution is 5.91. The van der Waals surface area contributed by atoms with E-state index < -0.39 is 0 Å².